The van der Waals surface area contributed by atoms with Gasteiger partial charge in [0.25, 0.3) is 0 Å². The SMILES string of the molecule is Cc1ccccc1OC1=C(F)C=C[C@@H](C)C1. The van der Waals surface area contributed by atoms with Crippen molar-refractivity contribution in [2.45, 2.75) is 20.3 Å². The van der Waals surface area contributed by atoms with Crippen LogP contribution in [-0.4, -0.2) is 0 Å². The molecule has 0 spiro atoms. The van der Waals surface area contributed by atoms with Crippen molar-refractivity contribution in [3.63, 3.8) is 0 Å². The Bertz CT molecular complexity index is 446. The van der Waals surface area contributed by atoms with Gasteiger partial charge in [-0.15, -0.1) is 0 Å². The molecule has 0 unspecified atom stereocenters. The van der Waals surface area contributed by atoms with Crippen molar-refractivity contribution in [2.75, 3.05) is 0 Å². The molecule has 0 heterocycles. The van der Waals surface area contributed by atoms with Crippen LogP contribution in [0.3, 0.4) is 0 Å². The maximum atomic E-state index is 13.5. The van der Waals surface area contributed by atoms with E-state index in [1.165, 1.54) is 6.08 Å². The van der Waals surface area contributed by atoms with E-state index in [-0.39, 0.29) is 5.83 Å². The summed E-state index contributed by atoms with van der Waals surface area (Å²) in [4.78, 5) is 0. The summed E-state index contributed by atoms with van der Waals surface area (Å²) in [5.41, 5.74) is 1.02. The number of benzene rings is 1. The predicted octanol–water partition coefficient (Wildman–Crippen LogP) is 4.15. The summed E-state index contributed by atoms with van der Waals surface area (Å²) in [5.74, 6) is 1.24. The molecule has 1 aromatic carbocycles. The summed E-state index contributed by atoms with van der Waals surface area (Å²) in [7, 11) is 0. The summed E-state index contributed by atoms with van der Waals surface area (Å²) in [5, 5.41) is 0. The first-order chi connectivity index (χ1) is 7.66. The second-order valence-electron chi connectivity index (χ2n) is 4.18. The Balaban J connectivity index is 2.22. The van der Waals surface area contributed by atoms with E-state index in [9.17, 15) is 4.39 Å². The molecule has 0 saturated heterocycles. The largest absolute Gasteiger partial charge is 0.458 e. The highest BCUT2D eigenvalue weighted by molar-refractivity contribution is 5.35. The fourth-order valence-corrected chi connectivity index (χ4v) is 1.69. The van der Waals surface area contributed by atoms with Crippen molar-refractivity contribution in [1.29, 1.82) is 0 Å². The average molecular weight is 218 g/mol. The Kier molecular flexibility index (Phi) is 3.09. The van der Waals surface area contributed by atoms with Crippen molar-refractivity contribution in [3.05, 3.63) is 53.6 Å². The van der Waals surface area contributed by atoms with Gasteiger partial charge in [-0.1, -0.05) is 31.2 Å². The van der Waals surface area contributed by atoms with Gasteiger partial charge in [-0.05, 0) is 30.5 Å². The van der Waals surface area contributed by atoms with Crippen LogP contribution in [0.25, 0.3) is 0 Å². The van der Waals surface area contributed by atoms with Gasteiger partial charge in [-0.2, -0.15) is 0 Å². The summed E-state index contributed by atoms with van der Waals surface area (Å²) in [6.07, 6.45) is 3.97. The van der Waals surface area contributed by atoms with Crippen LogP contribution in [0.15, 0.2) is 48.0 Å². The second-order valence-corrected chi connectivity index (χ2v) is 4.18. The number of allylic oxidation sites excluding steroid dienone is 4. The molecule has 0 radical (unpaired) electrons. The van der Waals surface area contributed by atoms with Gasteiger partial charge >= 0.3 is 0 Å². The molecule has 0 bridgehead atoms. The molecular formula is C14H15FO. The smallest absolute Gasteiger partial charge is 0.161 e. The Morgan fingerprint density at radius 1 is 1.31 bits per heavy atom. The van der Waals surface area contributed by atoms with Crippen LogP contribution in [0.1, 0.15) is 18.9 Å². The normalized spacial score (nSPS) is 20.1. The van der Waals surface area contributed by atoms with Crippen molar-refractivity contribution in [2.24, 2.45) is 5.92 Å². The van der Waals surface area contributed by atoms with Crippen molar-refractivity contribution >= 4 is 0 Å². The van der Waals surface area contributed by atoms with E-state index in [0.717, 1.165) is 11.3 Å². The number of ether oxygens (including phenoxy) is 1. The molecule has 16 heavy (non-hydrogen) atoms. The summed E-state index contributed by atoms with van der Waals surface area (Å²) in [6, 6.07) is 7.65. The van der Waals surface area contributed by atoms with E-state index in [1.54, 1.807) is 0 Å². The molecule has 0 N–H and O–H groups in total. The number of hydrogen-bond acceptors (Lipinski definition) is 1. The van der Waals surface area contributed by atoms with Gasteiger partial charge in [0.05, 0.1) is 0 Å². The molecule has 0 saturated carbocycles. The quantitative estimate of drug-likeness (QED) is 0.724. The van der Waals surface area contributed by atoms with Crippen molar-refractivity contribution in [1.82, 2.24) is 0 Å². The van der Waals surface area contributed by atoms with Gasteiger partial charge in [0.15, 0.2) is 5.83 Å². The Morgan fingerprint density at radius 3 is 2.81 bits per heavy atom. The van der Waals surface area contributed by atoms with Crippen LogP contribution >= 0.6 is 0 Å². The molecule has 0 amide bonds. The van der Waals surface area contributed by atoms with Crippen LogP contribution in [0, 0.1) is 12.8 Å². The van der Waals surface area contributed by atoms with Crippen LogP contribution in [0.5, 0.6) is 5.75 Å². The zero-order valence-corrected chi connectivity index (χ0v) is 9.53. The van der Waals surface area contributed by atoms with E-state index < -0.39 is 0 Å². The van der Waals surface area contributed by atoms with Gasteiger partial charge in [-0.25, -0.2) is 4.39 Å². The molecule has 2 rings (SSSR count). The number of para-hydroxylation sites is 1. The number of halogens is 1. The lowest BCUT2D eigenvalue weighted by molar-refractivity contribution is 0.357. The molecule has 84 valence electrons. The zero-order chi connectivity index (χ0) is 11.5. The minimum Gasteiger partial charge on any atom is -0.458 e. The van der Waals surface area contributed by atoms with E-state index in [2.05, 4.69) is 0 Å². The molecule has 1 aromatic rings. The molecule has 1 atom stereocenters. The van der Waals surface area contributed by atoms with Gasteiger partial charge in [-0.3, -0.25) is 0 Å². The first kappa shape index (κ1) is 10.9. The lowest BCUT2D eigenvalue weighted by atomic mass is 10.0. The Hall–Kier alpha value is -1.57. The third kappa shape index (κ3) is 2.32. The standard InChI is InChI=1S/C14H15FO/c1-10-7-8-12(15)14(9-10)16-13-6-4-3-5-11(13)2/h3-8,10H,9H2,1-2H3/t10-/m1/s1. The summed E-state index contributed by atoms with van der Waals surface area (Å²) in [6.45, 7) is 4.00. The minimum absolute atomic E-state index is 0.263. The van der Waals surface area contributed by atoms with Gasteiger partial charge < -0.3 is 4.74 Å². The second kappa shape index (κ2) is 4.52. The molecule has 1 aliphatic rings. The third-order valence-electron chi connectivity index (χ3n) is 2.67. The topological polar surface area (TPSA) is 9.23 Å². The van der Waals surface area contributed by atoms with E-state index in [4.69, 9.17) is 4.74 Å². The monoisotopic (exact) mass is 218 g/mol. The third-order valence-corrected chi connectivity index (χ3v) is 2.67. The molecular weight excluding hydrogens is 203 g/mol. The first-order valence-corrected chi connectivity index (χ1v) is 5.47. The summed E-state index contributed by atoms with van der Waals surface area (Å²) < 4.78 is 19.1. The predicted molar refractivity (Wildman–Crippen MR) is 62.9 cm³/mol. The van der Waals surface area contributed by atoms with Crippen LogP contribution in [0.2, 0.25) is 0 Å². The number of aryl methyl sites for hydroxylation is 1. The highest BCUT2D eigenvalue weighted by atomic mass is 19.1. The lowest BCUT2D eigenvalue weighted by Gasteiger charge is -2.17. The molecule has 1 nitrogen and oxygen atoms in total. The highest BCUT2D eigenvalue weighted by Gasteiger charge is 2.15. The van der Waals surface area contributed by atoms with Gasteiger partial charge in [0, 0.05) is 6.42 Å². The molecule has 0 fully saturated rings. The minimum atomic E-state index is -0.263. The number of hydrogen-bond donors (Lipinski definition) is 0. The fraction of sp³-hybridized carbons (Fsp3) is 0.286. The van der Waals surface area contributed by atoms with E-state index in [0.29, 0.717) is 18.1 Å². The van der Waals surface area contributed by atoms with Crippen LogP contribution in [0.4, 0.5) is 4.39 Å². The molecule has 0 aliphatic heterocycles. The average Bonchev–Trinajstić information content (AvgIpc) is 2.27. The van der Waals surface area contributed by atoms with E-state index >= 15 is 0 Å². The molecule has 2 heteroatoms. The maximum absolute atomic E-state index is 13.5. The van der Waals surface area contributed by atoms with Crippen LogP contribution < -0.4 is 4.74 Å². The van der Waals surface area contributed by atoms with Crippen molar-refractivity contribution in [3.8, 4) is 5.75 Å². The zero-order valence-electron chi connectivity index (χ0n) is 9.53. The number of rotatable bonds is 2. The molecule has 0 aromatic heterocycles. The maximum Gasteiger partial charge on any atom is 0.161 e. The fourth-order valence-electron chi connectivity index (χ4n) is 1.69. The Labute approximate surface area is 95.2 Å². The van der Waals surface area contributed by atoms with Crippen LogP contribution in [-0.2, 0) is 0 Å². The summed E-state index contributed by atoms with van der Waals surface area (Å²) >= 11 is 0. The van der Waals surface area contributed by atoms with E-state index in [1.807, 2.05) is 44.2 Å². The van der Waals surface area contributed by atoms with Crippen molar-refractivity contribution < 1.29 is 9.13 Å². The molecule has 1 aliphatic carbocycles. The first-order valence-electron chi connectivity index (χ1n) is 5.47. The van der Waals surface area contributed by atoms with Gasteiger partial charge in [0.2, 0.25) is 0 Å². The van der Waals surface area contributed by atoms with Gasteiger partial charge in [0.1, 0.15) is 11.5 Å². The lowest BCUT2D eigenvalue weighted by Crippen LogP contribution is -2.06. The Morgan fingerprint density at radius 2 is 2.06 bits per heavy atom. The highest BCUT2D eigenvalue weighted by Crippen LogP contribution is 2.28.